The maximum atomic E-state index is 12.4. The van der Waals surface area contributed by atoms with Crippen molar-refractivity contribution in [2.45, 2.75) is 13.5 Å². The minimum Gasteiger partial charge on any atom is -0.355 e. The van der Waals surface area contributed by atoms with Crippen LogP contribution in [-0.2, 0) is 6.54 Å². The van der Waals surface area contributed by atoms with E-state index in [9.17, 15) is 9.59 Å². The third-order valence-electron chi connectivity index (χ3n) is 3.63. The summed E-state index contributed by atoms with van der Waals surface area (Å²) in [5.74, 6) is -0.259. The van der Waals surface area contributed by atoms with E-state index in [1.54, 1.807) is 30.5 Å². The van der Waals surface area contributed by atoms with Gasteiger partial charge in [0.2, 0.25) is 0 Å². The van der Waals surface area contributed by atoms with Crippen LogP contribution in [0.15, 0.2) is 41.8 Å². The lowest BCUT2D eigenvalue weighted by molar-refractivity contribution is 0.0948. The molecule has 7 heteroatoms. The normalized spacial score (nSPS) is 10.5. The maximum absolute atomic E-state index is 12.4. The van der Waals surface area contributed by atoms with Gasteiger partial charge < -0.3 is 10.6 Å². The lowest BCUT2D eigenvalue weighted by atomic mass is 10.1. The van der Waals surface area contributed by atoms with E-state index in [1.807, 2.05) is 36.6 Å². The minimum absolute atomic E-state index is 0.128. The van der Waals surface area contributed by atoms with E-state index in [2.05, 4.69) is 15.6 Å². The van der Waals surface area contributed by atoms with Crippen molar-refractivity contribution < 1.29 is 9.59 Å². The largest absolute Gasteiger partial charge is 0.355 e. The minimum atomic E-state index is -0.131. The number of thiazole rings is 1. The lowest BCUT2D eigenvalue weighted by Crippen LogP contribution is -2.22. The van der Waals surface area contributed by atoms with E-state index in [0.717, 1.165) is 21.1 Å². The zero-order chi connectivity index (χ0) is 17.8. The van der Waals surface area contributed by atoms with Crippen molar-refractivity contribution in [2.75, 3.05) is 7.05 Å². The Bertz CT molecular complexity index is 884. The fourth-order valence-corrected chi connectivity index (χ4v) is 4.07. The Kier molecular flexibility index (Phi) is 5.25. The molecule has 0 aliphatic carbocycles. The summed E-state index contributed by atoms with van der Waals surface area (Å²) < 4.78 is 0. The van der Waals surface area contributed by atoms with Crippen molar-refractivity contribution in [3.8, 4) is 9.88 Å². The van der Waals surface area contributed by atoms with Crippen LogP contribution >= 0.6 is 22.7 Å². The highest BCUT2D eigenvalue weighted by Crippen LogP contribution is 2.30. The fraction of sp³-hybridized carbons (Fsp3) is 0.167. The molecule has 2 aromatic heterocycles. The van der Waals surface area contributed by atoms with Crippen molar-refractivity contribution in [2.24, 2.45) is 0 Å². The number of aromatic nitrogens is 1. The van der Waals surface area contributed by atoms with E-state index in [0.29, 0.717) is 17.0 Å². The van der Waals surface area contributed by atoms with Crippen LogP contribution in [0.2, 0.25) is 0 Å². The molecule has 0 aliphatic rings. The van der Waals surface area contributed by atoms with Gasteiger partial charge in [0.05, 0.1) is 10.6 Å². The van der Waals surface area contributed by atoms with Crippen LogP contribution in [0, 0.1) is 6.92 Å². The molecule has 0 spiro atoms. The Morgan fingerprint density at radius 1 is 1.12 bits per heavy atom. The van der Waals surface area contributed by atoms with Crippen molar-refractivity contribution in [3.63, 3.8) is 0 Å². The maximum Gasteiger partial charge on any atom is 0.263 e. The Morgan fingerprint density at radius 2 is 1.88 bits per heavy atom. The summed E-state index contributed by atoms with van der Waals surface area (Å²) in [5.41, 5.74) is 2.26. The molecule has 2 amide bonds. The zero-order valence-electron chi connectivity index (χ0n) is 13.8. The first-order valence-corrected chi connectivity index (χ1v) is 9.38. The van der Waals surface area contributed by atoms with Crippen molar-refractivity contribution >= 4 is 34.5 Å². The summed E-state index contributed by atoms with van der Waals surface area (Å²) >= 11 is 3.01. The average Bonchev–Trinajstić information content (AvgIpc) is 3.29. The number of rotatable bonds is 5. The number of carbonyl (C=O) groups excluding carboxylic acids is 2. The Balaban J connectivity index is 1.66. The van der Waals surface area contributed by atoms with Gasteiger partial charge in [0, 0.05) is 19.2 Å². The smallest absolute Gasteiger partial charge is 0.263 e. The van der Waals surface area contributed by atoms with Crippen molar-refractivity contribution in [1.82, 2.24) is 15.6 Å². The number of aryl methyl sites for hydroxylation is 1. The highest BCUT2D eigenvalue weighted by atomic mass is 32.1. The Labute approximate surface area is 153 Å². The van der Waals surface area contributed by atoms with Crippen LogP contribution in [0.25, 0.3) is 9.88 Å². The van der Waals surface area contributed by atoms with Crippen LogP contribution in [0.1, 0.15) is 31.3 Å². The molecule has 2 N–H and O–H groups in total. The van der Waals surface area contributed by atoms with Crippen LogP contribution < -0.4 is 10.6 Å². The quantitative estimate of drug-likeness (QED) is 0.721. The highest BCUT2D eigenvalue weighted by molar-refractivity contribution is 7.22. The third-order valence-corrected chi connectivity index (χ3v) is 5.83. The topological polar surface area (TPSA) is 71.1 Å². The van der Waals surface area contributed by atoms with Crippen LogP contribution in [0.5, 0.6) is 0 Å². The highest BCUT2D eigenvalue weighted by Gasteiger charge is 2.16. The van der Waals surface area contributed by atoms with E-state index in [-0.39, 0.29) is 11.8 Å². The first kappa shape index (κ1) is 17.3. The second-order valence-electron chi connectivity index (χ2n) is 5.37. The van der Waals surface area contributed by atoms with Crippen LogP contribution in [0.4, 0.5) is 0 Å². The molecule has 0 saturated carbocycles. The van der Waals surface area contributed by atoms with Gasteiger partial charge in [-0.3, -0.25) is 9.59 Å². The molecule has 128 valence electrons. The van der Waals surface area contributed by atoms with E-state index < -0.39 is 0 Å². The van der Waals surface area contributed by atoms with Gasteiger partial charge in [0.15, 0.2) is 0 Å². The molecule has 0 atom stereocenters. The lowest BCUT2D eigenvalue weighted by Gasteiger charge is -2.05. The fourth-order valence-electron chi connectivity index (χ4n) is 2.29. The Morgan fingerprint density at radius 3 is 2.52 bits per heavy atom. The predicted molar refractivity (Wildman–Crippen MR) is 101 cm³/mol. The standard InChI is InChI=1S/C18H17N3O2S2/c1-11-15(25-18(21-11)14-4-3-9-24-14)17(23)20-10-12-5-7-13(8-6-12)16(22)19-2/h3-9H,10H2,1-2H3,(H,19,22)(H,20,23). The molecule has 0 bridgehead atoms. The third kappa shape index (κ3) is 3.94. The molecule has 1 aromatic carbocycles. The molecular weight excluding hydrogens is 354 g/mol. The average molecular weight is 371 g/mol. The molecular formula is C18H17N3O2S2. The summed E-state index contributed by atoms with van der Waals surface area (Å²) in [6, 6.07) is 11.1. The number of benzene rings is 1. The van der Waals surface area contributed by atoms with Gasteiger partial charge in [-0.05, 0) is 36.1 Å². The predicted octanol–water partition coefficient (Wildman–Crippen LogP) is 3.47. The second-order valence-corrected chi connectivity index (χ2v) is 7.32. The Hall–Kier alpha value is -2.51. The molecule has 2 heterocycles. The van der Waals surface area contributed by atoms with Crippen molar-refractivity contribution in [1.29, 1.82) is 0 Å². The molecule has 25 heavy (non-hydrogen) atoms. The van der Waals surface area contributed by atoms with Gasteiger partial charge in [0.25, 0.3) is 11.8 Å². The first-order valence-electron chi connectivity index (χ1n) is 7.69. The van der Waals surface area contributed by atoms with Gasteiger partial charge in [-0.15, -0.1) is 22.7 Å². The van der Waals surface area contributed by atoms with Gasteiger partial charge in [0.1, 0.15) is 9.88 Å². The van der Waals surface area contributed by atoms with Crippen LogP contribution in [-0.4, -0.2) is 23.8 Å². The summed E-state index contributed by atoms with van der Waals surface area (Å²) in [6.07, 6.45) is 0. The van der Waals surface area contributed by atoms with E-state index >= 15 is 0 Å². The molecule has 0 saturated heterocycles. The van der Waals surface area contributed by atoms with Gasteiger partial charge in [-0.1, -0.05) is 18.2 Å². The first-order chi connectivity index (χ1) is 12.1. The second kappa shape index (κ2) is 7.58. The molecule has 0 aliphatic heterocycles. The number of hydrogen-bond acceptors (Lipinski definition) is 5. The van der Waals surface area contributed by atoms with Gasteiger partial charge in [-0.25, -0.2) is 4.98 Å². The zero-order valence-corrected chi connectivity index (χ0v) is 15.5. The molecule has 0 fully saturated rings. The molecule has 3 aromatic rings. The number of carbonyl (C=O) groups is 2. The molecule has 3 rings (SSSR count). The number of nitrogens with one attached hydrogen (secondary N) is 2. The summed E-state index contributed by atoms with van der Waals surface area (Å²) in [7, 11) is 1.60. The number of amides is 2. The van der Waals surface area contributed by atoms with Crippen LogP contribution in [0.3, 0.4) is 0 Å². The monoisotopic (exact) mass is 371 g/mol. The van der Waals surface area contributed by atoms with Crippen molar-refractivity contribution in [3.05, 3.63) is 63.5 Å². The summed E-state index contributed by atoms with van der Waals surface area (Å²) in [6.45, 7) is 2.25. The molecule has 0 unspecified atom stereocenters. The number of thiophene rings is 1. The molecule has 0 radical (unpaired) electrons. The number of hydrogen-bond donors (Lipinski definition) is 2. The summed E-state index contributed by atoms with van der Waals surface area (Å²) in [5, 5.41) is 8.35. The summed E-state index contributed by atoms with van der Waals surface area (Å²) in [4.78, 5) is 30.2. The number of nitrogens with zero attached hydrogens (tertiary/aromatic N) is 1. The van der Waals surface area contributed by atoms with Gasteiger partial charge in [-0.2, -0.15) is 0 Å². The van der Waals surface area contributed by atoms with E-state index in [4.69, 9.17) is 0 Å². The SMILES string of the molecule is CNC(=O)c1ccc(CNC(=O)c2sc(-c3cccs3)nc2C)cc1. The molecule has 5 nitrogen and oxygen atoms in total. The van der Waals surface area contributed by atoms with Gasteiger partial charge >= 0.3 is 0 Å². The van der Waals surface area contributed by atoms with E-state index in [1.165, 1.54) is 11.3 Å².